The smallest absolute Gasteiger partial charge is 0.251 e. The van der Waals surface area contributed by atoms with Crippen LogP contribution in [0.2, 0.25) is 5.02 Å². The molecular weight excluding hydrogens is 386 g/mol. The fraction of sp³-hybridized carbons (Fsp3) is 0.316. The molecule has 2 aromatic rings. The second-order valence-corrected chi connectivity index (χ2v) is 9.07. The fourth-order valence-corrected chi connectivity index (χ4v) is 4.56. The Kier molecular flexibility index (Phi) is 6.16. The number of rotatable bonds is 5. The maximum Gasteiger partial charge on any atom is 0.251 e. The molecule has 1 aliphatic rings. The van der Waals surface area contributed by atoms with Gasteiger partial charge in [-0.3, -0.25) is 4.79 Å². The van der Waals surface area contributed by atoms with Gasteiger partial charge in [-0.1, -0.05) is 29.8 Å². The number of likely N-dealkylation sites (N-methyl/N-ethyl adjacent to an activating group) is 1. The summed E-state index contributed by atoms with van der Waals surface area (Å²) in [6.07, 6.45) is 0. The van der Waals surface area contributed by atoms with Crippen molar-refractivity contribution in [3.05, 3.63) is 64.7 Å². The normalized spacial score (nSPS) is 16.2. The van der Waals surface area contributed by atoms with Gasteiger partial charge in [-0.2, -0.15) is 4.31 Å². The predicted octanol–water partition coefficient (Wildman–Crippen LogP) is 0.789. The number of halogens is 1. The minimum Gasteiger partial charge on any atom is -0.348 e. The number of carbonyl (C=O) groups is 1. The SMILES string of the molecule is C[NH+]1CCN(S(=O)(=O)c2cccc(C(=O)NCc3ccc(Cl)cc3)c2)CC1. The van der Waals surface area contributed by atoms with Crippen LogP contribution in [0.5, 0.6) is 0 Å². The third kappa shape index (κ3) is 4.87. The van der Waals surface area contributed by atoms with Crippen molar-refractivity contribution in [2.75, 3.05) is 33.2 Å². The quantitative estimate of drug-likeness (QED) is 0.768. The zero-order valence-corrected chi connectivity index (χ0v) is 16.7. The highest BCUT2D eigenvalue weighted by Crippen LogP contribution is 2.17. The number of nitrogens with one attached hydrogen (secondary N) is 2. The van der Waals surface area contributed by atoms with Crippen molar-refractivity contribution in [3.63, 3.8) is 0 Å². The molecule has 2 N–H and O–H groups in total. The van der Waals surface area contributed by atoms with Crippen molar-refractivity contribution >= 4 is 27.5 Å². The first kappa shape index (κ1) is 19.8. The molecule has 0 aromatic heterocycles. The van der Waals surface area contributed by atoms with Gasteiger partial charge in [0, 0.05) is 17.1 Å². The molecule has 0 saturated carbocycles. The molecule has 3 rings (SSSR count). The van der Waals surface area contributed by atoms with E-state index in [0.717, 1.165) is 18.7 Å². The monoisotopic (exact) mass is 408 g/mol. The Balaban J connectivity index is 1.70. The van der Waals surface area contributed by atoms with Crippen LogP contribution >= 0.6 is 11.6 Å². The molecule has 27 heavy (non-hydrogen) atoms. The summed E-state index contributed by atoms with van der Waals surface area (Å²) in [6.45, 7) is 2.87. The van der Waals surface area contributed by atoms with Crippen molar-refractivity contribution in [2.24, 2.45) is 0 Å². The topological polar surface area (TPSA) is 70.9 Å². The van der Waals surface area contributed by atoms with Gasteiger partial charge in [-0.15, -0.1) is 0 Å². The zero-order valence-electron chi connectivity index (χ0n) is 15.1. The molecule has 8 heteroatoms. The van der Waals surface area contributed by atoms with Crippen LogP contribution in [0.3, 0.4) is 0 Å². The van der Waals surface area contributed by atoms with E-state index >= 15 is 0 Å². The van der Waals surface area contributed by atoms with Gasteiger partial charge in [0.1, 0.15) is 0 Å². The minimum atomic E-state index is -3.59. The van der Waals surface area contributed by atoms with E-state index < -0.39 is 10.0 Å². The van der Waals surface area contributed by atoms with Crippen LogP contribution in [0.25, 0.3) is 0 Å². The Morgan fingerprint density at radius 1 is 1.15 bits per heavy atom. The van der Waals surface area contributed by atoms with Crippen LogP contribution in [-0.4, -0.2) is 51.9 Å². The van der Waals surface area contributed by atoms with E-state index in [1.165, 1.54) is 21.3 Å². The number of sulfonamides is 1. The van der Waals surface area contributed by atoms with Crippen LogP contribution in [0.4, 0.5) is 0 Å². The summed E-state index contributed by atoms with van der Waals surface area (Å²) in [5, 5.41) is 3.44. The molecule has 0 radical (unpaired) electrons. The first-order valence-electron chi connectivity index (χ1n) is 8.80. The third-order valence-corrected chi connectivity index (χ3v) is 6.82. The van der Waals surface area contributed by atoms with Crippen LogP contribution in [0.15, 0.2) is 53.4 Å². The van der Waals surface area contributed by atoms with Gasteiger partial charge in [-0.25, -0.2) is 8.42 Å². The molecule has 1 amide bonds. The average molecular weight is 409 g/mol. The third-order valence-electron chi connectivity index (χ3n) is 4.68. The number of amides is 1. The summed E-state index contributed by atoms with van der Waals surface area (Å²) in [7, 11) is -1.54. The van der Waals surface area contributed by atoms with Gasteiger partial charge in [0.05, 0.1) is 38.1 Å². The molecule has 1 aliphatic heterocycles. The lowest BCUT2D eigenvalue weighted by molar-refractivity contribution is -0.883. The summed E-state index contributed by atoms with van der Waals surface area (Å²) < 4.78 is 27.2. The van der Waals surface area contributed by atoms with E-state index in [1.54, 1.807) is 24.3 Å². The highest BCUT2D eigenvalue weighted by Gasteiger charge is 2.29. The molecule has 144 valence electrons. The molecule has 2 aromatic carbocycles. The van der Waals surface area contributed by atoms with Gasteiger partial charge in [-0.05, 0) is 35.9 Å². The Morgan fingerprint density at radius 2 is 1.81 bits per heavy atom. The van der Waals surface area contributed by atoms with Gasteiger partial charge >= 0.3 is 0 Å². The number of benzene rings is 2. The number of piperazine rings is 1. The lowest BCUT2D eigenvalue weighted by atomic mass is 10.2. The first-order chi connectivity index (χ1) is 12.9. The zero-order chi connectivity index (χ0) is 19.4. The Morgan fingerprint density at radius 3 is 2.48 bits per heavy atom. The number of hydrogen-bond acceptors (Lipinski definition) is 3. The van der Waals surface area contributed by atoms with Crippen molar-refractivity contribution in [1.82, 2.24) is 9.62 Å². The molecule has 1 fully saturated rings. The molecule has 0 spiro atoms. The van der Waals surface area contributed by atoms with E-state index in [-0.39, 0.29) is 10.8 Å². The summed E-state index contributed by atoms with van der Waals surface area (Å²) >= 11 is 5.85. The predicted molar refractivity (Wildman–Crippen MR) is 104 cm³/mol. The molecule has 0 atom stereocenters. The van der Waals surface area contributed by atoms with Crippen LogP contribution in [-0.2, 0) is 16.6 Å². The van der Waals surface area contributed by atoms with Crippen molar-refractivity contribution in [2.45, 2.75) is 11.4 Å². The van der Waals surface area contributed by atoms with Crippen LogP contribution in [0.1, 0.15) is 15.9 Å². The van der Waals surface area contributed by atoms with Gasteiger partial charge in [0.25, 0.3) is 5.91 Å². The summed E-state index contributed by atoms with van der Waals surface area (Å²) in [5.41, 5.74) is 1.24. The summed E-state index contributed by atoms with van der Waals surface area (Å²) in [5.74, 6) is -0.315. The summed E-state index contributed by atoms with van der Waals surface area (Å²) in [6, 6.07) is 13.4. The largest absolute Gasteiger partial charge is 0.348 e. The molecule has 0 unspecified atom stereocenters. The number of nitrogens with zero attached hydrogens (tertiary/aromatic N) is 1. The van der Waals surface area contributed by atoms with Crippen LogP contribution in [0, 0.1) is 0 Å². The fourth-order valence-electron chi connectivity index (χ4n) is 2.94. The van der Waals surface area contributed by atoms with Gasteiger partial charge < -0.3 is 10.2 Å². The first-order valence-corrected chi connectivity index (χ1v) is 10.6. The van der Waals surface area contributed by atoms with E-state index in [4.69, 9.17) is 11.6 Å². The molecular formula is C19H23ClN3O3S+. The maximum atomic E-state index is 12.9. The number of hydrogen-bond donors (Lipinski definition) is 2. The Hall–Kier alpha value is -1.93. The summed E-state index contributed by atoms with van der Waals surface area (Å²) in [4.78, 5) is 13.9. The second-order valence-electron chi connectivity index (χ2n) is 6.70. The molecule has 0 bridgehead atoms. The number of carbonyl (C=O) groups excluding carboxylic acids is 1. The highest BCUT2D eigenvalue weighted by molar-refractivity contribution is 7.89. The average Bonchev–Trinajstić information content (AvgIpc) is 2.68. The van der Waals surface area contributed by atoms with E-state index in [0.29, 0.717) is 30.2 Å². The van der Waals surface area contributed by atoms with E-state index in [1.807, 2.05) is 12.1 Å². The van der Waals surface area contributed by atoms with Crippen molar-refractivity contribution < 1.29 is 18.1 Å². The van der Waals surface area contributed by atoms with E-state index in [2.05, 4.69) is 12.4 Å². The maximum absolute atomic E-state index is 12.9. The van der Waals surface area contributed by atoms with E-state index in [9.17, 15) is 13.2 Å². The standard InChI is InChI=1S/C19H22ClN3O3S/c1-22-9-11-23(12-10-22)27(25,26)18-4-2-3-16(13-18)19(24)21-14-15-5-7-17(20)8-6-15/h2-8,13H,9-12,14H2,1H3,(H,21,24)/p+1. The lowest BCUT2D eigenvalue weighted by Crippen LogP contribution is -3.12. The molecule has 0 aliphatic carbocycles. The van der Waals surface area contributed by atoms with Crippen molar-refractivity contribution in [3.8, 4) is 0 Å². The van der Waals surface area contributed by atoms with Crippen LogP contribution < -0.4 is 10.2 Å². The van der Waals surface area contributed by atoms with Gasteiger partial charge in [0.2, 0.25) is 10.0 Å². The number of quaternary nitrogens is 1. The highest BCUT2D eigenvalue weighted by atomic mass is 35.5. The Bertz CT molecular complexity index is 908. The molecule has 6 nitrogen and oxygen atoms in total. The molecule has 1 saturated heterocycles. The lowest BCUT2D eigenvalue weighted by Gasteiger charge is -2.29. The van der Waals surface area contributed by atoms with Gasteiger partial charge in [0.15, 0.2) is 0 Å². The Labute approximate surface area is 164 Å². The molecule has 1 heterocycles. The second kappa shape index (κ2) is 8.39. The van der Waals surface area contributed by atoms with Crippen molar-refractivity contribution in [1.29, 1.82) is 0 Å². The minimum absolute atomic E-state index is 0.154.